The van der Waals surface area contributed by atoms with Crippen LogP contribution in [0.25, 0.3) is 0 Å². The van der Waals surface area contributed by atoms with Gasteiger partial charge in [-0.3, -0.25) is 0 Å². The molecule has 1 rings (SSSR count). The van der Waals surface area contributed by atoms with Gasteiger partial charge in [0.25, 0.3) is 0 Å². The lowest BCUT2D eigenvalue weighted by molar-refractivity contribution is -0.184. The van der Waals surface area contributed by atoms with Gasteiger partial charge < -0.3 is 14.8 Å². The minimum atomic E-state index is -4.25. The van der Waals surface area contributed by atoms with Crippen LogP contribution in [-0.4, -0.2) is 45.7 Å². The molecule has 102 valence electrons. The summed E-state index contributed by atoms with van der Waals surface area (Å²) in [5, 5.41) is 3.19. The van der Waals surface area contributed by atoms with Crippen LogP contribution in [0.15, 0.2) is 0 Å². The van der Waals surface area contributed by atoms with Gasteiger partial charge >= 0.3 is 6.18 Å². The lowest BCUT2D eigenvalue weighted by Crippen LogP contribution is -2.43. The van der Waals surface area contributed by atoms with Crippen molar-refractivity contribution in [2.75, 3.05) is 39.5 Å². The van der Waals surface area contributed by atoms with Gasteiger partial charge in [-0.25, -0.2) is 0 Å². The third-order valence-corrected chi connectivity index (χ3v) is 2.98. The summed E-state index contributed by atoms with van der Waals surface area (Å²) in [4.78, 5) is 0. The minimum absolute atomic E-state index is 0.142. The van der Waals surface area contributed by atoms with Crippen molar-refractivity contribution in [2.45, 2.75) is 25.9 Å². The van der Waals surface area contributed by atoms with Gasteiger partial charge in [0.05, 0.1) is 6.61 Å². The van der Waals surface area contributed by atoms with E-state index < -0.39 is 12.8 Å². The molecule has 0 bridgehead atoms. The number of ether oxygens (including phenoxy) is 2. The quantitative estimate of drug-likeness (QED) is 0.787. The largest absolute Gasteiger partial charge is 0.411 e. The number of hydrogen-bond donors (Lipinski definition) is 1. The summed E-state index contributed by atoms with van der Waals surface area (Å²) in [5.74, 6) is 0. The Balaban J connectivity index is 2.40. The number of rotatable bonds is 6. The maximum Gasteiger partial charge on any atom is 0.411 e. The van der Waals surface area contributed by atoms with Crippen molar-refractivity contribution in [2.24, 2.45) is 5.41 Å². The summed E-state index contributed by atoms with van der Waals surface area (Å²) in [6.45, 7) is 3.64. The molecule has 0 aromatic carbocycles. The Morgan fingerprint density at radius 2 is 1.94 bits per heavy atom. The highest BCUT2D eigenvalue weighted by molar-refractivity contribution is 4.84. The molecule has 3 nitrogen and oxygen atoms in total. The van der Waals surface area contributed by atoms with Gasteiger partial charge in [0.15, 0.2) is 0 Å². The van der Waals surface area contributed by atoms with Crippen LogP contribution in [0.1, 0.15) is 19.8 Å². The van der Waals surface area contributed by atoms with E-state index in [4.69, 9.17) is 9.47 Å². The third kappa shape index (κ3) is 5.70. The maximum atomic E-state index is 12.0. The summed E-state index contributed by atoms with van der Waals surface area (Å²) in [6.07, 6.45) is -2.75. The number of nitrogens with one attached hydrogen (secondary N) is 1. The van der Waals surface area contributed by atoms with E-state index in [1.165, 1.54) is 0 Å². The SMILES string of the molecule is CCNCC1(COCC(F)(F)F)CCOCC1. The molecule has 0 atom stereocenters. The minimum Gasteiger partial charge on any atom is -0.381 e. The molecule has 6 heteroatoms. The fourth-order valence-electron chi connectivity index (χ4n) is 1.95. The maximum absolute atomic E-state index is 12.0. The van der Waals surface area contributed by atoms with Crippen LogP contribution in [-0.2, 0) is 9.47 Å². The summed E-state index contributed by atoms with van der Waals surface area (Å²) < 4.78 is 46.1. The van der Waals surface area contributed by atoms with E-state index in [1.807, 2.05) is 6.92 Å². The van der Waals surface area contributed by atoms with Crippen molar-refractivity contribution in [1.29, 1.82) is 0 Å². The monoisotopic (exact) mass is 255 g/mol. The molecule has 0 spiro atoms. The van der Waals surface area contributed by atoms with Crippen LogP contribution in [0.5, 0.6) is 0 Å². The third-order valence-electron chi connectivity index (χ3n) is 2.98. The summed E-state index contributed by atoms with van der Waals surface area (Å²) in [6, 6.07) is 0. The number of alkyl halides is 3. The molecule has 1 saturated heterocycles. The van der Waals surface area contributed by atoms with Gasteiger partial charge in [-0.15, -0.1) is 0 Å². The van der Waals surface area contributed by atoms with Gasteiger partial charge in [-0.05, 0) is 19.4 Å². The zero-order valence-corrected chi connectivity index (χ0v) is 10.1. The Labute approximate surface area is 99.7 Å². The van der Waals surface area contributed by atoms with Crippen molar-refractivity contribution in [3.63, 3.8) is 0 Å². The highest BCUT2D eigenvalue weighted by atomic mass is 19.4. The molecule has 0 amide bonds. The lowest BCUT2D eigenvalue weighted by Gasteiger charge is -2.37. The molecule has 0 saturated carbocycles. The summed E-state index contributed by atoms with van der Waals surface area (Å²) in [5.41, 5.74) is -0.209. The molecule has 1 aliphatic heterocycles. The van der Waals surface area contributed by atoms with Crippen molar-refractivity contribution in [3.05, 3.63) is 0 Å². The van der Waals surface area contributed by atoms with E-state index in [0.29, 0.717) is 19.8 Å². The first kappa shape index (κ1) is 14.7. The Bertz CT molecular complexity index is 215. The fraction of sp³-hybridized carbons (Fsp3) is 1.00. The Morgan fingerprint density at radius 3 is 2.47 bits per heavy atom. The lowest BCUT2D eigenvalue weighted by atomic mass is 9.81. The van der Waals surface area contributed by atoms with Gasteiger partial charge in [0.1, 0.15) is 6.61 Å². The molecule has 0 aliphatic carbocycles. The molecule has 0 unspecified atom stereocenters. The second-order valence-electron chi connectivity index (χ2n) is 4.50. The molecule has 1 fully saturated rings. The fourth-order valence-corrected chi connectivity index (χ4v) is 1.95. The van der Waals surface area contributed by atoms with Gasteiger partial charge in [0.2, 0.25) is 0 Å². The van der Waals surface area contributed by atoms with E-state index in [9.17, 15) is 13.2 Å². The summed E-state index contributed by atoms with van der Waals surface area (Å²) in [7, 11) is 0. The second kappa shape index (κ2) is 6.56. The standard InChI is InChI=1S/C11H20F3NO2/c1-2-15-7-10(3-5-16-6-4-10)8-17-9-11(12,13)14/h15H,2-9H2,1H3. The van der Waals surface area contributed by atoms with E-state index in [-0.39, 0.29) is 12.0 Å². The van der Waals surface area contributed by atoms with Crippen LogP contribution >= 0.6 is 0 Å². The van der Waals surface area contributed by atoms with Crippen LogP contribution < -0.4 is 5.32 Å². The van der Waals surface area contributed by atoms with Gasteiger partial charge in [-0.2, -0.15) is 13.2 Å². The number of hydrogen-bond acceptors (Lipinski definition) is 3. The molecule has 0 aromatic heterocycles. The second-order valence-corrected chi connectivity index (χ2v) is 4.50. The highest BCUT2D eigenvalue weighted by Gasteiger charge is 2.35. The van der Waals surface area contributed by atoms with E-state index in [2.05, 4.69) is 5.32 Å². The van der Waals surface area contributed by atoms with Crippen LogP contribution in [0, 0.1) is 5.41 Å². The first-order chi connectivity index (χ1) is 7.97. The van der Waals surface area contributed by atoms with E-state index in [1.54, 1.807) is 0 Å². The van der Waals surface area contributed by atoms with Crippen LogP contribution in [0.4, 0.5) is 13.2 Å². The average molecular weight is 255 g/mol. The highest BCUT2D eigenvalue weighted by Crippen LogP contribution is 2.30. The first-order valence-corrected chi connectivity index (χ1v) is 5.90. The van der Waals surface area contributed by atoms with Crippen LogP contribution in [0.2, 0.25) is 0 Å². The summed E-state index contributed by atoms with van der Waals surface area (Å²) >= 11 is 0. The van der Waals surface area contributed by atoms with Crippen molar-refractivity contribution >= 4 is 0 Å². The smallest absolute Gasteiger partial charge is 0.381 e. The molecular formula is C11H20F3NO2. The topological polar surface area (TPSA) is 30.5 Å². The molecule has 0 radical (unpaired) electrons. The molecular weight excluding hydrogens is 235 g/mol. The van der Waals surface area contributed by atoms with Crippen molar-refractivity contribution in [3.8, 4) is 0 Å². The van der Waals surface area contributed by atoms with Gasteiger partial charge in [-0.1, -0.05) is 6.92 Å². The average Bonchev–Trinajstić information content (AvgIpc) is 2.26. The molecule has 1 aliphatic rings. The zero-order chi connectivity index (χ0) is 12.8. The first-order valence-electron chi connectivity index (χ1n) is 5.90. The van der Waals surface area contributed by atoms with Crippen LogP contribution in [0.3, 0.4) is 0 Å². The van der Waals surface area contributed by atoms with Crippen molar-refractivity contribution in [1.82, 2.24) is 5.32 Å². The predicted molar refractivity (Wildman–Crippen MR) is 57.9 cm³/mol. The van der Waals surface area contributed by atoms with E-state index >= 15 is 0 Å². The Kier molecular flexibility index (Phi) is 5.69. The Morgan fingerprint density at radius 1 is 1.29 bits per heavy atom. The normalized spacial score (nSPS) is 20.5. The molecule has 0 aromatic rings. The molecule has 1 heterocycles. The molecule has 1 N–H and O–H groups in total. The zero-order valence-electron chi connectivity index (χ0n) is 10.1. The Hall–Kier alpha value is -0.330. The van der Waals surface area contributed by atoms with Crippen molar-refractivity contribution < 1.29 is 22.6 Å². The molecule has 17 heavy (non-hydrogen) atoms. The predicted octanol–water partition coefficient (Wildman–Crippen LogP) is 1.97. The number of halogens is 3. The van der Waals surface area contributed by atoms with E-state index in [0.717, 1.165) is 19.4 Å². The van der Waals surface area contributed by atoms with Gasteiger partial charge in [0, 0.05) is 25.2 Å².